The van der Waals surface area contributed by atoms with Crippen molar-refractivity contribution < 1.29 is 13.6 Å². The predicted octanol–water partition coefficient (Wildman–Crippen LogP) is 2.45. The van der Waals surface area contributed by atoms with Crippen molar-refractivity contribution in [2.75, 3.05) is 46.3 Å². The Morgan fingerprint density at radius 1 is 1.12 bits per heavy atom. The van der Waals surface area contributed by atoms with Crippen LogP contribution in [0, 0.1) is 17.6 Å². The average Bonchev–Trinajstić information content (AvgIpc) is 2.60. The fourth-order valence-electron chi connectivity index (χ4n) is 3.91. The van der Waals surface area contributed by atoms with E-state index >= 15 is 0 Å². The minimum absolute atomic E-state index is 0.203. The number of carbonyl (C=O) groups is 1. The predicted molar refractivity (Wildman–Crippen MR) is 93.5 cm³/mol. The lowest BCUT2D eigenvalue weighted by molar-refractivity contribution is 0.0556. The Labute approximate surface area is 148 Å². The van der Waals surface area contributed by atoms with Crippen molar-refractivity contribution in [1.82, 2.24) is 14.7 Å². The molecular formula is C19H27F2N3O. The SMILES string of the molecule is C[C@@H]1CN(C)CCN1CC1CCN(C(=O)c2ccc(F)c(F)c2)CC1. The molecule has 3 rings (SSSR count). The van der Waals surface area contributed by atoms with Crippen LogP contribution in [-0.4, -0.2) is 73.0 Å². The van der Waals surface area contributed by atoms with E-state index in [9.17, 15) is 13.6 Å². The van der Waals surface area contributed by atoms with E-state index in [-0.39, 0.29) is 11.5 Å². The second kappa shape index (κ2) is 7.79. The summed E-state index contributed by atoms with van der Waals surface area (Å²) in [7, 11) is 2.16. The van der Waals surface area contributed by atoms with Gasteiger partial charge in [0, 0.05) is 50.9 Å². The summed E-state index contributed by atoms with van der Waals surface area (Å²) in [6.07, 6.45) is 1.93. The van der Waals surface area contributed by atoms with E-state index in [1.807, 2.05) is 0 Å². The van der Waals surface area contributed by atoms with Crippen LogP contribution in [0.15, 0.2) is 18.2 Å². The Morgan fingerprint density at radius 2 is 1.84 bits per heavy atom. The minimum atomic E-state index is -0.968. The monoisotopic (exact) mass is 351 g/mol. The summed E-state index contributed by atoms with van der Waals surface area (Å²) < 4.78 is 26.4. The van der Waals surface area contributed by atoms with Gasteiger partial charge in [0.05, 0.1) is 0 Å². The fourth-order valence-corrected chi connectivity index (χ4v) is 3.91. The Kier molecular flexibility index (Phi) is 5.69. The van der Waals surface area contributed by atoms with Crippen LogP contribution in [0.1, 0.15) is 30.1 Å². The second-order valence-corrected chi connectivity index (χ2v) is 7.47. The van der Waals surface area contributed by atoms with E-state index < -0.39 is 11.6 Å². The summed E-state index contributed by atoms with van der Waals surface area (Å²) in [5, 5.41) is 0. The third kappa shape index (κ3) is 4.36. The van der Waals surface area contributed by atoms with Gasteiger partial charge in [0.1, 0.15) is 0 Å². The Balaban J connectivity index is 1.51. The molecule has 1 amide bonds. The smallest absolute Gasteiger partial charge is 0.253 e. The van der Waals surface area contributed by atoms with E-state index in [0.717, 1.165) is 51.2 Å². The summed E-state index contributed by atoms with van der Waals surface area (Å²) >= 11 is 0. The lowest BCUT2D eigenvalue weighted by Gasteiger charge is -2.41. The first-order valence-corrected chi connectivity index (χ1v) is 9.11. The molecule has 2 aliphatic heterocycles. The molecule has 2 saturated heterocycles. The van der Waals surface area contributed by atoms with E-state index in [1.54, 1.807) is 4.90 Å². The van der Waals surface area contributed by atoms with Crippen LogP contribution in [-0.2, 0) is 0 Å². The summed E-state index contributed by atoms with van der Waals surface area (Å²) in [4.78, 5) is 19.1. The standard InChI is InChI=1S/C19H27F2N3O/c1-14-12-22(2)9-10-24(14)13-15-5-7-23(8-6-15)19(25)16-3-4-17(20)18(21)11-16/h3-4,11,14-15H,5-10,12-13H2,1-2H3/t14-/m1/s1. The largest absolute Gasteiger partial charge is 0.339 e. The molecule has 0 aliphatic carbocycles. The highest BCUT2D eigenvalue weighted by Gasteiger charge is 2.28. The van der Waals surface area contributed by atoms with Crippen LogP contribution in [0.3, 0.4) is 0 Å². The number of rotatable bonds is 3. The lowest BCUT2D eigenvalue weighted by atomic mass is 9.94. The van der Waals surface area contributed by atoms with E-state index in [0.29, 0.717) is 25.0 Å². The number of halogens is 2. The third-order valence-electron chi connectivity index (χ3n) is 5.53. The molecule has 0 spiro atoms. The average molecular weight is 351 g/mol. The molecule has 0 bridgehead atoms. The Bertz CT molecular complexity index is 617. The fraction of sp³-hybridized carbons (Fsp3) is 0.632. The molecule has 2 aliphatic rings. The summed E-state index contributed by atoms with van der Waals surface area (Å²) in [6, 6.07) is 3.94. The Hall–Kier alpha value is -1.53. The van der Waals surface area contributed by atoms with Gasteiger partial charge in [-0.2, -0.15) is 0 Å². The first-order valence-electron chi connectivity index (χ1n) is 9.11. The van der Waals surface area contributed by atoms with Gasteiger partial charge in [-0.05, 0) is 50.9 Å². The van der Waals surface area contributed by atoms with Crippen LogP contribution in [0.2, 0.25) is 0 Å². The molecular weight excluding hydrogens is 324 g/mol. The van der Waals surface area contributed by atoms with Crippen molar-refractivity contribution in [3.05, 3.63) is 35.4 Å². The van der Waals surface area contributed by atoms with Crippen molar-refractivity contribution in [1.29, 1.82) is 0 Å². The van der Waals surface area contributed by atoms with Crippen molar-refractivity contribution in [3.8, 4) is 0 Å². The van der Waals surface area contributed by atoms with Gasteiger partial charge in [-0.3, -0.25) is 9.69 Å². The highest BCUT2D eigenvalue weighted by Crippen LogP contribution is 2.22. The maximum atomic E-state index is 13.3. The Morgan fingerprint density at radius 3 is 2.48 bits per heavy atom. The molecule has 2 heterocycles. The molecule has 1 aromatic rings. The van der Waals surface area contributed by atoms with Gasteiger partial charge < -0.3 is 9.80 Å². The number of amides is 1. The maximum Gasteiger partial charge on any atom is 0.253 e. The highest BCUT2D eigenvalue weighted by molar-refractivity contribution is 5.94. The molecule has 25 heavy (non-hydrogen) atoms. The maximum absolute atomic E-state index is 13.3. The van der Waals surface area contributed by atoms with Gasteiger partial charge >= 0.3 is 0 Å². The first-order chi connectivity index (χ1) is 11.9. The number of likely N-dealkylation sites (N-methyl/N-ethyl adjacent to an activating group) is 1. The number of benzene rings is 1. The third-order valence-corrected chi connectivity index (χ3v) is 5.53. The number of piperidine rings is 1. The van der Waals surface area contributed by atoms with E-state index in [1.165, 1.54) is 6.07 Å². The normalized spacial score (nSPS) is 23.8. The number of nitrogens with zero attached hydrogens (tertiary/aromatic N) is 3. The van der Waals surface area contributed by atoms with Crippen molar-refractivity contribution >= 4 is 5.91 Å². The van der Waals surface area contributed by atoms with Gasteiger partial charge in [0.15, 0.2) is 11.6 Å². The molecule has 0 N–H and O–H groups in total. The number of carbonyl (C=O) groups excluding carboxylic acids is 1. The molecule has 0 unspecified atom stereocenters. The molecule has 0 aromatic heterocycles. The quantitative estimate of drug-likeness (QED) is 0.837. The molecule has 1 atom stereocenters. The van der Waals surface area contributed by atoms with Crippen LogP contribution in [0.25, 0.3) is 0 Å². The second-order valence-electron chi connectivity index (χ2n) is 7.47. The highest BCUT2D eigenvalue weighted by atomic mass is 19.2. The minimum Gasteiger partial charge on any atom is -0.339 e. The van der Waals surface area contributed by atoms with Crippen molar-refractivity contribution in [2.24, 2.45) is 5.92 Å². The molecule has 1 aromatic carbocycles. The molecule has 6 heteroatoms. The van der Waals surface area contributed by atoms with Crippen LogP contribution >= 0.6 is 0 Å². The molecule has 2 fully saturated rings. The van der Waals surface area contributed by atoms with Crippen LogP contribution < -0.4 is 0 Å². The first kappa shape index (κ1) is 18.3. The lowest BCUT2D eigenvalue weighted by Crippen LogP contribution is -2.52. The van der Waals surface area contributed by atoms with Crippen LogP contribution in [0.4, 0.5) is 8.78 Å². The van der Waals surface area contributed by atoms with Crippen LogP contribution in [0.5, 0.6) is 0 Å². The molecule has 4 nitrogen and oxygen atoms in total. The van der Waals surface area contributed by atoms with Gasteiger partial charge in [-0.1, -0.05) is 0 Å². The van der Waals surface area contributed by atoms with Crippen molar-refractivity contribution in [2.45, 2.75) is 25.8 Å². The van der Waals surface area contributed by atoms with Gasteiger partial charge in [-0.25, -0.2) is 8.78 Å². The number of piperazine rings is 1. The van der Waals surface area contributed by atoms with E-state index in [4.69, 9.17) is 0 Å². The van der Waals surface area contributed by atoms with E-state index in [2.05, 4.69) is 23.8 Å². The summed E-state index contributed by atoms with van der Waals surface area (Å²) in [5.74, 6) is -1.49. The van der Waals surface area contributed by atoms with Gasteiger partial charge in [-0.15, -0.1) is 0 Å². The zero-order valence-corrected chi connectivity index (χ0v) is 15.0. The summed E-state index contributed by atoms with van der Waals surface area (Å²) in [5.41, 5.74) is 0.227. The van der Waals surface area contributed by atoms with Crippen molar-refractivity contribution in [3.63, 3.8) is 0 Å². The summed E-state index contributed by atoms with van der Waals surface area (Å²) in [6.45, 7) is 8.05. The molecule has 138 valence electrons. The molecule has 0 saturated carbocycles. The number of likely N-dealkylation sites (tertiary alicyclic amines) is 1. The van der Waals surface area contributed by atoms with Gasteiger partial charge in [0.2, 0.25) is 0 Å². The zero-order valence-electron chi connectivity index (χ0n) is 15.0. The number of hydrogen-bond acceptors (Lipinski definition) is 3. The number of hydrogen-bond donors (Lipinski definition) is 0. The molecule has 0 radical (unpaired) electrons. The van der Waals surface area contributed by atoms with Gasteiger partial charge in [0.25, 0.3) is 5.91 Å². The zero-order chi connectivity index (χ0) is 18.0. The topological polar surface area (TPSA) is 26.8 Å².